The normalized spacial score (nSPS) is 11.4. The zero-order chi connectivity index (χ0) is 17.9. The first kappa shape index (κ1) is 19.2. The number of rotatable bonds is 9. The lowest BCUT2D eigenvalue weighted by Crippen LogP contribution is -2.38. The first-order valence-corrected chi connectivity index (χ1v) is 9.65. The molecule has 0 amide bonds. The van der Waals surface area contributed by atoms with Gasteiger partial charge in [0.15, 0.2) is 5.96 Å². The second kappa shape index (κ2) is 10.7. The van der Waals surface area contributed by atoms with E-state index in [4.69, 9.17) is 4.74 Å². The van der Waals surface area contributed by atoms with Crippen LogP contribution in [0.5, 0.6) is 5.75 Å². The molecule has 0 atom stereocenters. The molecule has 5 nitrogen and oxygen atoms in total. The van der Waals surface area contributed by atoms with Crippen LogP contribution in [0.25, 0.3) is 0 Å². The van der Waals surface area contributed by atoms with Gasteiger partial charge >= 0.3 is 0 Å². The van der Waals surface area contributed by atoms with Crippen molar-refractivity contribution in [3.8, 4) is 5.75 Å². The Morgan fingerprint density at radius 1 is 1.20 bits per heavy atom. The van der Waals surface area contributed by atoms with Crippen LogP contribution in [0.3, 0.4) is 0 Å². The second-order valence-electron chi connectivity index (χ2n) is 5.77. The van der Waals surface area contributed by atoms with Crippen LogP contribution < -0.4 is 15.4 Å². The maximum absolute atomic E-state index is 5.18. The van der Waals surface area contributed by atoms with Crippen molar-refractivity contribution >= 4 is 17.3 Å². The van der Waals surface area contributed by atoms with Crippen LogP contribution in [-0.2, 0) is 12.8 Å². The molecule has 0 bridgehead atoms. The molecule has 6 heteroatoms. The van der Waals surface area contributed by atoms with Crippen molar-refractivity contribution in [2.24, 2.45) is 4.99 Å². The summed E-state index contributed by atoms with van der Waals surface area (Å²) in [4.78, 5) is 9.13. The van der Waals surface area contributed by atoms with E-state index < -0.39 is 0 Å². The summed E-state index contributed by atoms with van der Waals surface area (Å²) in [5, 5.41) is 9.99. The molecule has 1 heterocycles. The molecule has 0 spiro atoms. The monoisotopic (exact) mass is 360 g/mol. The highest BCUT2D eigenvalue weighted by Crippen LogP contribution is 2.11. The molecule has 0 saturated heterocycles. The highest BCUT2D eigenvalue weighted by molar-refractivity contribution is 7.09. The summed E-state index contributed by atoms with van der Waals surface area (Å²) in [6.07, 6.45) is 2.96. The molecule has 25 heavy (non-hydrogen) atoms. The van der Waals surface area contributed by atoms with E-state index in [1.165, 1.54) is 10.6 Å². The topological polar surface area (TPSA) is 58.5 Å². The summed E-state index contributed by atoms with van der Waals surface area (Å²) in [6.45, 7) is 6.63. The average molecular weight is 361 g/mol. The zero-order valence-electron chi connectivity index (χ0n) is 15.3. The smallest absolute Gasteiger partial charge is 0.191 e. The van der Waals surface area contributed by atoms with Crippen LogP contribution in [0.1, 0.15) is 29.6 Å². The van der Waals surface area contributed by atoms with E-state index in [0.29, 0.717) is 0 Å². The Labute approximate surface area is 154 Å². The zero-order valence-corrected chi connectivity index (χ0v) is 16.2. The molecule has 136 valence electrons. The highest BCUT2D eigenvalue weighted by atomic mass is 32.1. The summed E-state index contributed by atoms with van der Waals surface area (Å²) in [5.41, 5.74) is 2.39. The van der Waals surface area contributed by atoms with Crippen LogP contribution in [0, 0.1) is 6.92 Å². The minimum atomic E-state index is 0.802. The number of aliphatic imine (C=N–C) groups is 1. The van der Waals surface area contributed by atoms with Gasteiger partial charge in [0, 0.05) is 37.1 Å². The first-order valence-electron chi connectivity index (χ1n) is 8.77. The van der Waals surface area contributed by atoms with E-state index in [2.05, 4.69) is 45.0 Å². The first-order chi connectivity index (χ1) is 12.2. The van der Waals surface area contributed by atoms with Crippen molar-refractivity contribution in [2.45, 2.75) is 33.1 Å². The number of nitrogens with one attached hydrogen (secondary N) is 2. The summed E-state index contributed by atoms with van der Waals surface area (Å²) in [6, 6.07) is 8.19. The molecule has 0 saturated carbocycles. The number of hydrogen-bond acceptors (Lipinski definition) is 4. The van der Waals surface area contributed by atoms with Gasteiger partial charge in [0.05, 0.1) is 12.1 Å². The van der Waals surface area contributed by atoms with E-state index in [-0.39, 0.29) is 0 Å². The van der Waals surface area contributed by atoms with E-state index in [9.17, 15) is 0 Å². The third-order valence-electron chi connectivity index (χ3n) is 3.69. The van der Waals surface area contributed by atoms with Gasteiger partial charge in [0.1, 0.15) is 5.75 Å². The predicted molar refractivity (Wildman–Crippen MR) is 106 cm³/mol. The Kier molecular flexibility index (Phi) is 8.25. The number of methoxy groups -OCH3 is 1. The van der Waals surface area contributed by atoms with Gasteiger partial charge in [-0.15, -0.1) is 11.3 Å². The van der Waals surface area contributed by atoms with E-state index >= 15 is 0 Å². The summed E-state index contributed by atoms with van der Waals surface area (Å²) in [7, 11) is 1.69. The number of thiazole rings is 1. The number of nitrogens with zero attached hydrogens (tertiary/aromatic N) is 2. The minimum Gasteiger partial charge on any atom is -0.497 e. The molecular formula is C19H28N4OS. The quantitative estimate of drug-likeness (QED) is 0.410. The van der Waals surface area contributed by atoms with Gasteiger partial charge < -0.3 is 15.4 Å². The maximum atomic E-state index is 5.18. The third kappa shape index (κ3) is 7.13. The Hall–Kier alpha value is -2.08. The molecule has 2 N–H and O–H groups in total. The third-order valence-corrected chi connectivity index (χ3v) is 4.72. The molecule has 2 aromatic rings. The van der Waals surface area contributed by atoms with Gasteiger partial charge in [0.25, 0.3) is 0 Å². The molecule has 0 aliphatic carbocycles. The Morgan fingerprint density at radius 2 is 2.00 bits per heavy atom. The molecule has 0 aliphatic rings. The van der Waals surface area contributed by atoms with Gasteiger partial charge in [-0.1, -0.05) is 12.1 Å². The van der Waals surface area contributed by atoms with Crippen molar-refractivity contribution in [3.63, 3.8) is 0 Å². The van der Waals surface area contributed by atoms with Crippen LogP contribution in [0.2, 0.25) is 0 Å². The summed E-state index contributed by atoms with van der Waals surface area (Å²) in [5.74, 6) is 1.77. The maximum Gasteiger partial charge on any atom is 0.191 e. The molecule has 2 rings (SSSR count). The fourth-order valence-electron chi connectivity index (χ4n) is 2.40. The van der Waals surface area contributed by atoms with E-state index in [1.807, 2.05) is 19.1 Å². The Bertz CT molecular complexity index is 652. The van der Waals surface area contributed by atoms with Gasteiger partial charge in [0.2, 0.25) is 0 Å². The number of aryl methyl sites for hydroxylation is 2. The molecule has 0 fully saturated rings. The largest absolute Gasteiger partial charge is 0.497 e. The van der Waals surface area contributed by atoms with Crippen molar-refractivity contribution in [2.75, 3.05) is 26.7 Å². The van der Waals surface area contributed by atoms with Crippen LogP contribution >= 0.6 is 11.3 Å². The van der Waals surface area contributed by atoms with Crippen LogP contribution in [-0.4, -0.2) is 37.7 Å². The fraction of sp³-hybridized carbons (Fsp3) is 0.474. The van der Waals surface area contributed by atoms with Gasteiger partial charge in [-0.3, -0.25) is 4.99 Å². The van der Waals surface area contributed by atoms with Crippen molar-refractivity contribution < 1.29 is 4.74 Å². The van der Waals surface area contributed by atoms with Crippen molar-refractivity contribution in [1.29, 1.82) is 0 Å². The van der Waals surface area contributed by atoms with Gasteiger partial charge in [-0.25, -0.2) is 4.98 Å². The number of hydrogen-bond donors (Lipinski definition) is 2. The summed E-state index contributed by atoms with van der Waals surface area (Å²) >= 11 is 1.73. The van der Waals surface area contributed by atoms with E-state index in [0.717, 1.165) is 56.3 Å². The molecule has 1 aromatic carbocycles. The molecule has 0 radical (unpaired) electrons. The van der Waals surface area contributed by atoms with Crippen LogP contribution in [0.15, 0.2) is 34.6 Å². The number of aromatic nitrogens is 1. The molecular weight excluding hydrogens is 332 g/mol. The van der Waals surface area contributed by atoms with Gasteiger partial charge in [-0.05, 0) is 44.4 Å². The lowest BCUT2D eigenvalue weighted by molar-refractivity contribution is 0.414. The fourth-order valence-corrected chi connectivity index (χ4v) is 3.22. The summed E-state index contributed by atoms with van der Waals surface area (Å²) < 4.78 is 5.18. The Balaban J connectivity index is 1.72. The number of guanidine groups is 1. The van der Waals surface area contributed by atoms with Gasteiger partial charge in [-0.2, -0.15) is 0 Å². The lowest BCUT2D eigenvalue weighted by Gasteiger charge is -2.11. The minimum absolute atomic E-state index is 0.802. The van der Waals surface area contributed by atoms with E-state index in [1.54, 1.807) is 18.4 Å². The second-order valence-corrected chi connectivity index (χ2v) is 6.71. The average Bonchev–Trinajstić information content (AvgIpc) is 3.04. The molecule has 1 aromatic heterocycles. The molecule has 0 aliphatic heterocycles. The number of benzene rings is 1. The lowest BCUT2D eigenvalue weighted by atomic mass is 10.1. The van der Waals surface area contributed by atoms with Crippen molar-refractivity contribution in [1.82, 2.24) is 15.6 Å². The molecule has 0 unspecified atom stereocenters. The Morgan fingerprint density at radius 3 is 2.64 bits per heavy atom. The SMILES string of the molecule is CCNC(=NCCCc1nc(C)cs1)NCCc1ccc(OC)cc1. The number of ether oxygens (including phenoxy) is 1. The predicted octanol–water partition coefficient (Wildman–Crippen LogP) is 3.19. The standard InChI is InChI=1S/C19H28N4OS/c1-4-20-19(21-12-5-6-18-23-15(2)14-25-18)22-13-11-16-7-9-17(24-3)10-8-16/h7-10,14H,4-6,11-13H2,1-3H3,(H2,20,21,22). The highest BCUT2D eigenvalue weighted by Gasteiger charge is 2.00. The van der Waals surface area contributed by atoms with Crippen LogP contribution in [0.4, 0.5) is 0 Å². The van der Waals surface area contributed by atoms with Crippen molar-refractivity contribution in [3.05, 3.63) is 45.9 Å².